The van der Waals surface area contributed by atoms with E-state index in [-0.39, 0.29) is 23.1 Å². The highest BCUT2D eigenvalue weighted by molar-refractivity contribution is 5.94. The Kier molecular flexibility index (Phi) is 7.53. The molecule has 1 amide bonds. The summed E-state index contributed by atoms with van der Waals surface area (Å²) in [5, 5.41) is 19.6. The van der Waals surface area contributed by atoms with Crippen molar-refractivity contribution < 1.29 is 23.7 Å². The zero-order valence-corrected chi connectivity index (χ0v) is 20.2. The molecule has 1 aliphatic rings. The molecule has 0 saturated carbocycles. The molecular weight excluding hydrogens is 470 g/mol. The standard InChI is InChI=1S/C22H27N9O5/c1-13-7-4-5-10-30(13)12-16-18(25-29-31(16)21-20(23)27-36-28-21)22(33)26-24-11-15-8-6-9-17(34-3)19(15)35-14(2)32/h6,8-9,11,13H,4-5,7,10,12H2,1-3H3,(H2,23,27)(H,26,33)/b24-11-. The molecule has 3 heterocycles. The number of nitrogens with zero attached hydrogens (tertiary/aromatic N) is 7. The molecule has 1 aliphatic heterocycles. The molecule has 0 radical (unpaired) electrons. The average molecular weight is 498 g/mol. The third-order valence-corrected chi connectivity index (χ3v) is 5.81. The van der Waals surface area contributed by atoms with Crippen LogP contribution in [0.5, 0.6) is 11.5 Å². The number of amides is 1. The van der Waals surface area contributed by atoms with Crippen LogP contribution in [0.15, 0.2) is 27.9 Å². The molecule has 4 rings (SSSR count). The summed E-state index contributed by atoms with van der Waals surface area (Å²) in [5.74, 6) is -0.413. The molecule has 1 aromatic carbocycles. The minimum Gasteiger partial charge on any atom is -0.493 e. The van der Waals surface area contributed by atoms with Crippen molar-refractivity contribution in [2.24, 2.45) is 5.10 Å². The molecule has 1 fully saturated rings. The minimum absolute atomic E-state index is 0.0221. The number of hydrazone groups is 1. The van der Waals surface area contributed by atoms with Crippen LogP contribution < -0.4 is 20.6 Å². The Balaban J connectivity index is 1.60. The van der Waals surface area contributed by atoms with Gasteiger partial charge in [0.2, 0.25) is 11.6 Å². The Morgan fingerprint density at radius 2 is 2.17 bits per heavy atom. The van der Waals surface area contributed by atoms with Gasteiger partial charge in [0.25, 0.3) is 5.91 Å². The van der Waals surface area contributed by atoms with E-state index < -0.39 is 11.9 Å². The van der Waals surface area contributed by atoms with Crippen molar-refractivity contribution >= 4 is 23.9 Å². The number of likely N-dealkylation sites (tertiary alicyclic amines) is 1. The molecule has 0 aliphatic carbocycles. The number of nitrogen functional groups attached to an aromatic ring is 1. The largest absolute Gasteiger partial charge is 0.493 e. The summed E-state index contributed by atoms with van der Waals surface area (Å²) >= 11 is 0. The zero-order chi connectivity index (χ0) is 25.7. The summed E-state index contributed by atoms with van der Waals surface area (Å²) in [6.07, 6.45) is 4.59. The van der Waals surface area contributed by atoms with Crippen LogP contribution in [-0.4, -0.2) is 68.0 Å². The Labute approximate surface area is 206 Å². The van der Waals surface area contributed by atoms with Crippen LogP contribution in [0, 0.1) is 0 Å². The average Bonchev–Trinajstić information content (AvgIpc) is 3.46. The first-order chi connectivity index (χ1) is 17.4. The van der Waals surface area contributed by atoms with Crippen LogP contribution in [0.25, 0.3) is 5.82 Å². The number of ether oxygens (including phenoxy) is 2. The Morgan fingerprint density at radius 3 is 2.86 bits per heavy atom. The number of esters is 1. The maximum atomic E-state index is 13.1. The number of hydrogen-bond acceptors (Lipinski definition) is 12. The van der Waals surface area contributed by atoms with E-state index >= 15 is 0 Å². The Bertz CT molecular complexity index is 1270. The molecule has 1 saturated heterocycles. The van der Waals surface area contributed by atoms with E-state index in [9.17, 15) is 9.59 Å². The van der Waals surface area contributed by atoms with E-state index in [1.54, 1.807) is 18.2 Å². The highest BCUT2D eigenvalue weighted by atomic mass is 16.6. The predicted molar refractivity (Wildman–Crippen MR) is 127 cm³/mol. The maximum absolute atomic E-state index is 13.1. The fourth-order valence-electron chi connectivity index (χ4n) is 3.97. The van der Waals surface area contributed by atoms with E-state index in [2.05, 4.69) is 43.0 Å². The molecule has 2 aromatic heterocycles. The lowest BCUT2D eigenvalue weighted by Gasteiger charge is -2.33. The number of carbonyl (C=O) groups is 2. The monoisotopic (exact) mass is 497 g/mol. The van der Waals surface area contributed by atoms with Gasteiger partial charge in [-0.2, -0.15) is 9.78 Å². The number of nitrogens with one attached hydrogen (secondary N) is 1. The molecule has 14 heteroatoms. The lowest BCUT2D eigenvalue weighted by molar-refractivity contribution is -0.132. The molecule has 3 N–H and O–H groups in total. The van der Waals surface area contributed by atoms with Gasteiger partial charge in [-0.05, 0) is 48.8 Å². The van der Waals surface area contributed by atoms with E-state index in [1.165, 1.54) is 24.9 Å². The van der Waals surface area contributed by atoms with E-state index in [0.29, 0.717) is 29.6 Å². The van der Waals surface area contributed by atoms with Gasteiger partial charge in [-0.3, -0.25) is 14.5 Å². The van der Waals surface area contributed by atoms with Crippen LogP contribution in [-0.2, 0) is 11.3 Å². The normalized spacial score (nSPS) is 16.2. The van der Waals surface area contributed by atoms with Crippen LogP contribution in [0.2, 0.25) is 0 Å². The highest BCUT2D eigenvalue weighted by Gasteiger charge is 2.28. The van der Waals surface area contributed by atoms with Crippen molar-refractivity contribution in [3.8, 4) is 17.3 Å². The molecule has 14 nitrogen and oxygen atoms in total. The molecular formula is C22H27N9O5. The second kappa shape index (κ2) is 10.9. The Hall–Kier alpha value is -4.33. The summed E-state index contributed by atoms with van der Waals surface area (Å²) in [6.45, 7) is 4.67. The minimum atomic E-state index is -0.593. The fourth-order valence-corrected chi connectivity index (χ4v) is 3.97. The predicted octanol–water partition coefficient (Wildman–Crippen LogP) is 1.30. The number of nitrogens with two attached hydrogens (primary N) is 1. The molecule has 0 bridgehead atoms. The van der Waals surface area contributed by atoms with Crippen molar-refractivity contribution in [2.75, 3.05) is 19.4 Å². The SMILES string of the molecule is COc1cccc(/C=N\NC(=O)c2nnn(-c3nonc3N)c2CN2CCCCC2C)c1OC(C)=O. The van der Waals surface area contributed by atoms with Gasteiger partial charge in [-0.1, -0.05) is 17.7 Å². The van der Waals surface area contributed by atoms with Gasteiger partial charge >= 0.3 is 5.97 Å². The number of methoxy groups -OCH3 is 1. The number of anilines is 1. The number of piperidine rings is 1. The topological polar surface area (TPSA) is 176 Å². The summed E-state index contributed by atoms with van der Waals surface area (Å²) < 4.78 is 16.6. The molecule has 36 heavy (non-hydrogen) atoms. The summed E-state index contributed by atoms with van der Waals surface area (Å²) in [4.78, 5) is 26.8. The van der Waals surface area contributed by atoms with E-state index in [0.717, 1.165) is 25.8 Å². The molecule has 0 spiro atoms. The van der Waals surface area contributed by atoms with Gasteiger partial charge in [0.1, 0.15) is 0 Å². The van der Waals surface area contributed by atoms with Crippen molar-refractivity contribution in [3.05, 3.63) is 35.2 Å². The van der Waals surface area contributed by atoms with Gasteiger partial charge < -0.3 is 15.2 Å². The molecule has 1 unspecified atom stereocenters. The summed E-state index contributed by atoms with van der Waals surface area (Å²) in [6, 6.07) is 5.33. The van der Waals surface area contributed by atoms with Crippen molar-refractivity contribution in [3.63, 3.8) is 0 Å². The lowest BCUT2D eigenvalue weighted by atomic mass is 10.0. The number of benzene rings is 1. The van der Waals surface area contributed by atoms with Crippen LogP contribution >= 0.6 is 0 Å². The van der Waals surface area contributed by atoms with Crippen molar-refractivity contribution in [2.45, 2.75) is 45.7 Å². The first kappa shape index (κ1) is 24.8. The molecule has 1 atom stereocenters. The van der Waals surface area contributed by atoms with Gasteiger partial charge in [0.05, 0.1) is 19.0 Å². The second-order valence-corrected chi connectivity index (χ2v) is 8.26. The van der Waals surface area contributed by atoms with Crippen molar-refractivity contribution in [1.82, 2.24) is 35.6 Å². The first-order valence-electron chi connectivity index (χ1n) is 11.3. The second-order valence-electron chi connectivity index (χ2n) is 8.26. The third-order valence-electron chi connectivity index (χ3n) is 5.81. The first-order valence-corrected chi connectivity index (χ1v) is 11.3. The number of carbonyl (C=O) groups excluding carboxylic acids is 2. The van der Waals surface area contributed by atoms with Crippen LogP contribution in [0.1, 0.15) is 54.9 Å². The molecule has 3 aromatic rings. The lowest BCUT2D eigenvalue weighted by Crippen LogP contribution is -2.38. The van der Waals surface area contributed by atoms with Gasteiger partial charge in [-0.25, -0.2) is 10.1 Å². The number of aromatic nitrogens is 5. The maximum Gasteiger partial charge on any atom is 0.308 e. The fraction of sp³-hybridized carbons (Fsp3) is 0.409. The number of rotatable bonds is 8. The Morgan fingerprint density at radius 1 is 1.33 bits per heavy atom. The van der Waals surface area contributed by atoms with Crippen LogP contribution in [0.3, 0.4) is 0 Å². The van der Waals surface area contributed by atoms with Crippen LogP contribution in [0.4, 0.5) is 5.82 Å². The third kappa shape index (κ3) is 5.33. The van der Waals surface area contributed by atoms with E-state index in [1.807, 2.05) is 0 Å². The summed E-state index contributed by atoms with van der Waals surface area (Å²) in [5.41, 5.74) is 9.27. The van der Waals surface area contributed by atoms with Gasteiger partial charge in [0.15, 0.2) is 17.2 Å². The number of hydrogen-bond donors (Lipinski definition) is 2. The smallest absolute Gasteiger partial charge is 0.308 e. The highest BCUT2D eigenvalue weighted by Crippen LogP contribution is 2.30. The van der Waals surface area contributed by atoms with Gasteiger partial charge in [-0.15, -0.1) is 5.10 Å². The molecule has 190 valence electrons. The van der Waals surface area contributed by atoms with Gasteiger partial charge in [0, 0.05) is 25.1 Å². The number of para-hydroxylation sites is 1. The van der Waals surface area contributed by atoms with Crippen molar-refractivity contribution in [1.29, 1.82) is 0 Å². The van der Waals surface area contributed by atoms with E-state index in [4.69, 9.17) is 19.8 Å². The quantitative estimate of drug-likeness (QED) is 0.198. The zero-order valence-electron chi connectivity index (χ0n) is 20.2. The summed E-state index contributed by atoms with van der Waals surface area (Å²) in [7, 11) is 1.45.